The zero-order chi connectivity index (χ0) is 20.1. The zero-order valence-electron chi connectivity index (χ0n) is 16.5. The van der Waals surface area contributed by atoms with Gasteiger partial charge in [0.2, 0.25) is 0 Å². The number of benzene rings is 3. The molecule has 3 aromatic rings. The first-order valence-electron chi connectivity index (χ1n) is 9.96. The molecule has 146 valence electrons. The van der Waals surface area contributed by atoms with Crippen molar-refractivity contribution in [2.75, 3.05) is 13.2 Å². The lowest BCUT2D eigenvalue weighted by atomic mass is 9.88. The van der Waals surface area contributed by atoms with E-state index in [0.29, 0.717) is 6.61 Å². The highest BCUT2D eigenvalue weighted by atomic mass is 127. The van der Waals surface area contributed by atoms with Crippen molar-refractivity contribution >= 4 is 33.7 Å². The molecule has 1 aliphatic rings. The third-order valence-electron chi connectivity index (χ3n) is 5.03. The van der Waals surface area contributed by atoms with Gasteiger partial charge in [0.15, 0.2) is 0 Å². The minimum absolute atomic E-state index is 0.691. The first kappa shape index (κ1) is 19.8. The molecule has 29 heavy (non-hydrogen) atoms. The number of rotatable bonds is 8. The van der Waals surface area contributed by atoms with Gasteiger partial charge in [-0.2, -0.15) is 0 Å². The maximum atomic E-state index is 5.89. The molecule has 3 heteroatoms. The minimum Gasteiger partial charge on any atom is -0.492 e. The van der Waals surface area contributed by atoms with E-state index >= 15 is 0 Å². The fraction of sp³-hybridized carbons (Fsp3) is 0.154. The molecule has 0 N–H and O–H groups in total. The minimum atomic E-state index is 0.691. The van der Waals surface area contributed by atoms with E-state index in [1.807, 2.05) is 0 Å². The van der Waals surface area contributed by atoms with Crippen LogP contribution in [0.4, 0.5) is 0 Å². The van der Waals surface area contributed by atoms with Crippen molar-refractivity contribution in [1.82, 2.24) is 4.90 Å². The van der Waals surface area contributed by atoms with E-state index in [-0.39, 0.29) is 0 Å². The van der Waals surface area contributed by atoms with E-state index in [0.717, 1.165) is 18.7 Å². The van der Waals surface area contributed by atoms with Crippen LogP contribution in [-0.2, 0) is 0 Å². The van der Waals surface area contributed by atoms with Crippen molar-refractivity contribution < 1.29 is 4.74 Å². The van der Waals surface area contributed by atoms with Crippen molar-refractivity contribution in [3.05, 3.63) is 112 Å². The Hall–Kier alpha value is -2.53. The van der Waals surface area contributed by atoms with Crippen LogP contribution in [0.2, 0.25) is 0 Å². The van der Waals surface area contributed by atoms with Crippen molar-refractivity contribution in [2.45, 2.75) is 13.3 Å². The molecule has 0 radical (unpaired) electrons. The highest BCUT2D eigenvalue weighted by Gasteiger charge is 2.13. The van der Waals surface area contributed by atoms with E-state index in [1.54, 1.807) is 0 Å². The van der Waals surface area contributed by atoms with E-state index in [2.05, 4.69) is 126 Å². The molecular formula is C26H24INO. The third kappa shape index (κ3) is 5.10. The average Bonchev–Trinajstić information content (AvgIpc) is 3.59. The molecule has 4 rings (SSSR count). The van der Waals surface area contributed by atoms with Crippen LogP contribution in [0.3, 0.4) is 0 Å². The van der Waals surface area contributed by atoms with Gasteiger partial charge in [0.05, 0.1) is 6.54 Å². The molecule has 0 saturated carbocycles. The third-order valence-corrected chi connectivity index (χ3v) is 5.75. The van der Waals surface area contributed by atoms with Gasteiger partial charge in [-0.25, -0.2) is 0 Å². The number of halogens is 1. The first-order chi connectivity index (χ1) is 14.2. The maximum absolute atomic E-state index is 5.89. The quantitative estimate of drug-likeness (QED) is 0.252. The summed E-state index contributed by atoms with van der Waals surface area (Å²) >= 11 is 2.36. The molecule has 0 bridgehead atoms. The lowest BCUT2D eigenvalue weighted by Gasteiger charge is -2.17. The summed E-state index contributed by atoms with van der Waals surface area (Å²) in [6.45, 7) is 3.83. The highest BCUT2D eigenvalue weighted by molar-refractivity contribution is 14.1. The van der Waals surface area contributed by atoms with Gasteiger partial charge in [0.1, 0.15) is 12.4 Å². The Morgan fingerprint density at radius 1 is 0.793 bits per heavy atom. The Kier molecular flexibility index (Phi) is 6.35. The van der Waals surface area contributed by atoms with Crippen LogP contribution in [0.15, 0.2) is 91.3 Å². The molecule has 1 heterocycles. The summed E-state index contributed by atoms with van der Waals surface area (Å²) in [7, 11) is 0. The standard InChI is InChI=1S/C26H24INO/c1-2-25(20-6-4-3-5-7-20)26(21-8-12-23(27)13-9-21)22-10-14-24(15-11-22)29-19-18-28-16-17-28/h3-17H,2,18-19H2,1H3/b26-25+. The second-order valence-corrected chi connectivity index (χ2v) is 8.23. The van der Waals surface area contributed by atoms with Crippen LogP contribution in [-0.4, -0.2) is 18.1 Å². The van der Waals surface area contributed by atoms with Crippen LogP contribution in [0, 0.1) is 3.57 Å². The molecule has 0 amide bonds. The highest BCUT2D eigenvalue weighted by Crippen LogP contribution is 2.35. The molecule has 0 spiro atoms. The van der Waals surface area contributed by atoms with Crippen molar-refractivity contribution in [3.8, 4) is 5.75 Å². The number of hydrogen-bond acceptors (Lipinski definition) is 2. The van der Waals surface area contributed by atoms with Gasteiger partial charge < -0.3 is 9.64 Å². The second-order valence-electron chi connectivity index (χ2n) is 6.99. The predicted octanol–water partition coefficient (Wildman–Crippen LogP) is 6.83. The summed E-state index contributed by atoms with van der Waals surface area (Å²) in [5, 5.41) is 0. The lowest BCUT2D eigenvalue weighted by Crippen LogP contribution is -2.09. The smallest absolute Gasteiger partial charge is 0.119 e. The first-order valence-corrected chi connectivity index (χ1v) is 11.0. The Morgan fingerprint density at radius 3 is 2.00 bits per heavy atom. The van der Waals surface area contributed by atoms with E-state index in [9.17, 15) is 0 Å². The van der Waals surface area contributed by atoms with Crippen molar-refractivity contribution in [2.24, 2.45) is 0 Å². The molecular weight excluding hydrogens is 469 g/mol. The van der Waals surface area contributed by atoms with Gasteiger partial charge in [-0.05, 0) is 81.1 Å². The second kappa shape index (κ2) is 9.31. The number of allylic oxidation sites excluding steroid dienone is 1. The summed E-state index contributed by atoms with van der Waals surface area (Å²) in [6, 6.07) is 28.0. The topological polar surface area (TPSA) is 12.2 Å². The SMILES string of the molecule is CC/C(=C(/c1ccc(I)cc1)c1ccc(OCCN2C=C2)cc1)c1ccccc1. The van der Waals surface area contributed by atoms with Crippen molar-refractivity contribution in [3.63, 3.8) is 0 Å². The van der Waals surface area contributed by atoms with Crippen LogP contribution < -0.4 is 4.74 Å². The largest absolute Gasteiger partial charge is 0.492 e. The van der Waals surface area contributed by atoms with Crippen LogP contribution in [0.1, 0.15) is 30.0 Å². The van der Waals surface area contributed by atoms with Gasteiger partial charge in [-0.1, -0.05) is 61.5 Å². The summed E-state index contributed by atoms with van der Waals surface area (Å²) in [4.78, 5) is 2.12. The summed E-state index contributed by atoms with van der Waals surface area (Å²) < 4.78 is 7.13. The van der Waals surface area contributed by atoms with Crippen LogP contribution in [0.5, 0.6) is 5.75 Å². The van der Waals surface area contributed by atoms with Gasteiger partial charge in [0, 0.05) is 16.0 Å². The number of nitrogens with zero attached hydrogens (tertiary/aromatic N) is 1. The van der Waals surface area contributed by atoms with Gasteiger partial charge in [-0.3, -0.25) is 0 Å². The molecule has 0 saturated heterocycles. The molecule has 0 unspecified atom stereocenters. The van der Waals surface area contributed by atoms with E-state index < -0.39 is 0 Å². The predicted molar refractivity (Wildman–Crippen MR) is 130 cm³/mol. The normalized spacial score (nSPS) is 13.2. The van der Waals surface area contributed by atoms with Crippen molar-refractivity contribution in [1.29, 1.82) is 0 Å². The fourth-order valence-corrected chi connectivity index (χ4v) is 3.84. The van der Waals surface area contributed by atoms with Gasteiger partial charge in [-0.15, -0.1) is 0 Å². The molecule has 2 nitrogen and oxygen atoms in total. The monoisotopic (exact) mass is 493 g/mol. The number of ether oxygens (including phenoxy) is 1. The fourth-order valence-electron chi connectivity index (χ4n) is 3.48. The molecule has 0 aliphatic carbocycles. The summed E-state index contributed by atoms with van der Waals surface area (Å²) in [5.74, 6) is 0.912. The molecule has 1 aliphatic heterocycles. The Labute approximate surface area is 186 Å². The zero-order valence-corrected chi connectivity index (χ0v) is 18.7. The van der Waals surface area contributed by atoms with Crippen LogP contribution in [0.25, 0.3) is 11.1 Å². The van der Waals surface area contributed by atoms with Gasteiger partial charge >= 0.3 is 0 Å². The Balaban J connectivity index is 1.69. The van der Waals surface area contributed by atoms with E-state index in [1.165, 1.54) is 31.4 Å². The molecule has 0 atom stereocenters. The van der Waals surface area contributed by atoms with Crippen LogP contribution >= 0.6 is 22.6 Å². The molecule has 0 aromatic heterocycles. The maximum Gasteiger partial charge on any atom is 0.119 e. The summed E-state index contributed by atoms with van der Waals surface area (Å²) in [5.41, 5.74) is 6.37. The summed E-state index contributed by atoms with van der Waals surface area (Å²) in [6.07, 6.45) is 5.08. The van der Waals surface area contributed by atoms with Gasteiger partial charge in [0.25, 0.3) is 0 Å². The average molecular weight is 493 g/mol. The molecule has 0 fully saturated rings. The Morgan fingerprint density at radius 2 is 1.41 bits per heavy atom. The molecule has 3 aromatic carbocycles. The lowest BCUT2D eigenvalue weighted by molar-refractivity contribution is 0.297. The van der Waals surface area contributed by atoms with E-state index in [4.69, 9.17) is 4.74 Å². The Bertz CT molecular complexity index is 999. The number of hydrogen-bond donors (Lipinski definition) is 0.